The van der Waals surface area contributed by atoms with Crippen molar-refractivity contribution in [1.82, 2.24) is 10.9 Å². The highest BCUT2D eigenvalue weighted by Gasteiger charge is 1.86. The van der Waals surface area contributed by atoms with Gasteiger partial charge in [0.1, 0.15) is 0 Å². The van der Waals surface area contributed by atoms with Gasteiger partial charge in [-0.25, -0.2) is 0 Å². The van der Waals surface area contributed by atoms with Crippen molar-refractivity contribution in [2.75, 3.05) is 13.1 Å². The molecule has 3 nitrogen and oxygen atoms in total. The van der Waals surface area contributed by atoms with Crippen molar-refractivity contribution in [3.63, 3.8) is 0 Å². The van der Waals surface area contributed by atoms with E-state index in [1.807, 2.05) is 0 Å². The number of nitrogens with one attached hydrogen (secondary N) is 2. The first-order chi connectivity index (χ1) is 3.77. The molecule has 0 saturated heterocycles. The molecule has 0 saturated carbocycles. The first-order valence-corrected chi connectivity index (χ1v) is 2.96. The molecular formula is C5H15N3. The molecule has 0 rings (SSSR count). The zero-order valence-electron chi connectivity index (χ0n) is 5.57. The lowest BCUT2D eigenvalue weighted by Crippen LogP contribution is -2.40. The summed E-state index contributed by atoms with van der Waals surface area (Å²) in [5.41, 5.74) is 11.2. The van der Waals surface area contributed by atoms with Crippen LogP contribution in [0.3, 0.4) is 0 Å². The van der Waals surface area contributed by atoms with Gasteiger partial charge in [0.2, 0.25) is 0 Å². The van der Waals surface area contributed by atoms with Crippen molar-refractivity contribution in [1.29, 1.82) is 0 Å². The molecule has 0 heterocycles. The highest BCUT2D eigenvalue weighted by atomic mass is 15.4. The van der Waals surface area contributed by atoms with Crippen LogP contribution in [0.15, 0.2) is 0 Å². The smallest absolute Gasteiger partial charge is 0.0223 e. The molecule has 0 atom stereocenters. The van der Waals surface area contributed by atoms with Gasteiger partial charge >= 0.3 is 0 Å². The lowest BCUT2D eigenvalue weighted by Gasteiger charge is -2.07. The minimum Gasteiger partial charge on any atom is -0.329 e. The number of rotatable bonds is 4. The van der Waals surface area contributed by atoms with E-state index >= 15 is 0 Å². The summed E-state index contributed by atoms with van der Waals surface area (Å²) in [6.45, 7) is 5.66. The van der Waals surface area contributed by atoms with Crippen molar-refractivity contribution in [3.8, 4) is 0 Å². The minimum absolute atomic E-state index is 0.488. The lowest BCUT2D eigenvalue weighted by atomic mass is 10.4. The van der Waals surface area contributed by atoms with Crippen LogP contribution >= 0.6 is 0 Å². The second-order valence-corrected chi connectivity index (χ2v) is 2.01. The second-order valence-electron chi connectivity index (χ2n) is 2.01. The fourth-order valence-electron chi connectivity index (χ4n) is 0.348. The molecule has 4 N–H and O–H groups in total. The average Bonchev–Trinajstić information content (AvgIpc) is 1.66. The van der Waals surface area contributed by atoms with E-state index in [0.717, 1.165) is 6.54 Å². The SMILES string of the molecule is CC(C)NNCCN. The zero-order valence-corrected chi connectivity index (χ0v) is 5.57. The van der Waals surface area contributed by atoms with Gasteiger partial charge in [-0.3, -0.25) is 10.9 Å². The van der Waals surface area contributed by atoms with E-state index in [1.165, 1.54) is 0 Å². The van der Waals surface area contributed by atoms with Gasteiger partial charge in [0, 0.05) is 19.1 Å². The summed E-state index contributed by atoms with van der Waals surface area (Å²) in [6, 6.07) is 0.488. The van der Waals surface area contributed by atoms with Crippen LogP contribution in [0.2, 0.25) is 0 Å². The third-order valence-corrected chi connectivity index (χ3v) is 0.660. The third kappa shape index (κ3) is 5.88. The van der Waals surface area contributed by atoms with Crippen molar-refractivity contribution in [2.45, 2.75) is 19.9 Å². The minimum atomic E-state index is 0.488. The monoisotopic (exact) mass is 117 g/mol. The maximum absolute atomic E-state index is 5.21. The average molecular weight is 117 g/mol. The summed E-state index contributed by atoms with van der Waals surface area (Å²) in [7, 11) is 0. The molecule has 0 aliphatic heterocycles. The summed E-state index contributed by atoms with van der Waals surface area (Å²) in [6.07, 6.45) is 0. The van der Waals surface area contributed by atoms with Crippen LogP contribution in [0.1, 0.15) is 13.8 Å². The van der Waals surface area contributed by atoms with E-state index in [0.29, 0.717) is 12.6 Å². The predicted molar refractivity (Wildman–Crippen MR) is 35.3 cm³/mol. The Labute approximate surface area is 50.6 Å². The quantitative estimate of drug-likeness (QED) is 0.342. The Balaban J connectivity index is 2.72. The van der Waals surface area contributed by atoms with Gasteiger partial charge in [-0.1, -0.05) is 0 Å². The van der Waals surface area contributed by atoms with E-state index in [9.17, 15) is 0 Å². The Bertz CT molecular complexity index is 44.9. The second kappa shape index (κ2) is 5.03. The molecule has 0 radical (unpaired) electrons. The first-order valence-electron chi connectivity index (χ1n) is 2.96. The summed E-state index contributed by atoms with van der Waals surface area (Å²) in [4.78, 5) is 0. The first kappa shape index (κ1) is 7.88. The normalized spacial score (nSPS) is 10.5. The molecular weight excluding hydrogens is 102 g/mol. The molecule has 0 aliphatic rings. The van der Waals surface area contributed by atoms with Gasteiger partial charge in [-0.2, -0.15) is 0 Å². The van der Waals surface area contributed by atoms with Crippen LogP contribution in [0.5, 0.6) is 0 Å². The van der Waals surface area contributed by atoms with Crippen LogP contribution in [0, 0.1) is 0 Å². The molecule has 0 amide bonds. The standard InChI is InChI=1S/C5H15N3/c1-5(2)8-7-4-3-6/h5,7-8H,3-4,6H2,1-2H3. The Morgan fingerprint density at radius 1 is 1.50 bits per heavy atom. The maximum Gasteiger partial charge on any atom is 0.0223 e. The molecule has 0 spiro atoms. The molecule has 0 fully saturated rings. The lowest BCUT2D eigenvalue weighted by molar-refractivity contribution is 0.479. The summed E-state index contributed by atoms with van der Waals surface area (Å²) < 4.78 is 0. The number of hydrogen-bond donors (Lipinski definition) is 3. The van der Waals surface area contributed by atoms with Crippen LogP contribution in [-0.2, 0) is 0 Å². The molecule has 0 unspecified atom stereocenters. The van der Waals surface area contributed by atoms with Crippen LogP contribution in [0.25, 0.3) is 0 Å². The van der Waals surface area contributed by atoms with Gasteiger partial charge in [-0.05, 0) is 13.8 Å². The Hall–Kier alpha value is -0.120. The molecule has 3 heteroatoms. The maximum atomic E-state index is 5.21. The van der Waals surface area contributed by atoms with Crippen molar-refractivity contribution in [2.24, 2.45) is 5.73 Å². The summed E-state index contributed by atoms with van der Waals surface area (Å²) >= 11 is 0. The molecule has 0 aromatic carbocycles. The molecule has 8 heavy (non-hydrogen) atoms. The number of hydrogen-bond acceptors (Lipinski definition) is 3. The molecule has 50 valence electrons. The number of nitrogens with two attached hydrogens (primary N) is 1. The summed E-state index contributed by atoms with van der Waals surface area (Å²) in [5, 5.41) is 0. The third-order valence-electron chi connectivity index (χ3n) is 0.660. The Morgan fingerprint density at radius 2 is 2.12 bits per heavy atom. The van der Waals surface area contributed by atoms with Gasteiger partial charge < -0.3 is 5.73 Å². The molecule has 0 bridgehead atoms. The van der Waals surface area contributed by atoms with E-state index < -0.39 is 0 Å². The van der Waals surface area contributed by atoms with Gasteiger partial charge in [0.15, 0.2) is 0 Å². The van der Waals surface area contributed by atoms with Crippen LogP contribution in [0.4, 0.5) is 0 Å². The fourth-order valence-corrected chi connectivity index (χ4v) is 0.348. The van der Waals surface area contributed by atoms with E-state index in [1.54, 1.807) is 0 Å². The van der Waals surface area contributed by atoms with Gasteiger partial charge in [0.25, 0.3) is 0 Å². The summed E-state index contributed by atoms with van der Waals surface area (Å²) in [5.74, 6) is 0. The topological polar surface area (TPSA) is 50.1 Å². The fraction of sp³-hybridized carbons (Fsp3) is 1.00. The van der Waals surface area contributed by atoms with E-state index in [4.69, 9.17) is 5.73 Å². The van der Waals surface area contributed by atoms with Crippen molar-refractivity contribution < 1.29 is 0 Å². The van der Waals surface area contributed by atoms with Gasteiger partial charge in [0.05, 0.1) is 0 Å². The van der Waals surface area contributed by atoms with Crippen molar-refractivity contribution in [3.05, 3.63) is 0 Å². The largest absolute Gasteiger partial charge is 0.329 e. The van der Waals surface area contributed by atoms with Crippen LogP contribution in [-0.4, -0.2) is 19.1 Å². The molecule has 0 aromatic heterocycles. The van der Waals surface area contributed by atoms with Gasteiger partial charge in [-0.15, -0.1) is 0 Å². The van der Waals surface area contributed by atoms with E-state index in [-0.39, 0.29) is 0 Å². The number of hydrazine groups is 1. The molecule has 0 aliphatic carbocycles. The molecule has 0 aromatic rings. The Morgan fingerprint density at radius 3 is 2.50 bits per heavy atom. The highest BCUT2D eigenvalue weighted by Crippen LogP contribution is 1.68. The Kier molecular flexibility index (Phi) is 4.95. The van der Waals surface area contributed by atoms with Crippen LogP contribution < -0.4 is 16.6 Å². The zero-order chi connectivity index (χ0) is 6.41. The highest BCUT2D eigenvalue weighted by molar-refractivity contribution is 4.46. The predicted octanol–water partition coefficient (Wildman–Crippen LogP) is -0.552. The van der Waals surface area contributed by atoms with Crippen molar-refractivity contribution >= 4 is 0 Å². The van der Waals surface area contributed by atoms with E-state index in [2.05, 4.69) is 24.7 Å².